The van der Waals surface area contributed by atoms with Crippen LogP contribution in [-0.4, -0.2) is 55.0 Å². The topological polar surface area (TPSA) is 66.7 Å². The van der Waals surface area contributed by atoms with Gasteiger partial charge in [0.05, 0.1) is 11.9 Å². The molecule has 1 aliphatic rings. The van der Waals surface area contributed by atoms with E-state index in [1.807, 2.05) is 0 Å². The molecular weight excluding hydrogens is 321 g/mol. The normalized spacial score (nSPS) is 17.5. The minimum absolute atomic E-state index is 0.302. The third kappa shape index (κ3) is 3.95. The number of hydrogen-bond acceptors (Lipinski definition) is 5. The second-order valence-corrected chi connectivity index (χ2v) is 7.57. The SMILES string of the molecule is CS(=O)(=O)N1CCN(Cc2coc(-c3ccc(F)cc3)n2)CC1. The van der Waals surface area contributed by atoms with Crippen LogP contribution in [0.3, 0.4) is 0 Å². The van der Waals surface area contributed by atoms with Gasteiger partial charge < -0.3 is 4.42 Å². The van der Waals surface area contributed by atoms with Crippen molar-refractivity contribution in [2.45, 2.75) is 6.54 Å². The monoisotopic (exact) mass is 339 g/mol. The van der Waals surface area contributed by atoms with E-state index in [-0.39, 0.29) is 5.82 Å². The summed E-state index contributed by atoms with van der Waals surface area (Å²) in [6, 6.07) is 5.97. The minimum Gasteiger partial charge on any atom is -0.444 e. The number of hydrogen-bond donors (Lipinski definition) is 0. The molecule has 1 fully saturated rings. The van der Waals surface area contributed by atoms with E-state index in [1.165, 1.54) is 22.7 Å². The summed E-state index contributed by atoms with van der Waals surface area (Å²) in [6.45, 7) is 2.89. The molecule has 3 rings (SSSR count). The highest BCUT2D eigenvalue weighted by molar-refractivity contribution is 7.88. The van der Waals surface area contributed by atoms with Gasteiger partial charge in [0, 0.05) is 38.3 Å². The molecule has 124 valence electrons. The largest absolute Gasteiger partial charge is 0.444 e. The van der Waals surface area contributed by atoms with Crippen molar-refractivity contribution in [3.63, 3.8) is 0 Å². The molecule has 0 atom stereocenters. The molecule has 0 amide bonds. The van der Waals surface area contributed by atoms with E-state index in [1.54, 1.807) is 18.4 Å². The second-order valence-electron chi connectivity index (χ2n) is 5.59. The van der Waals surface area contributed by atoms with Crippen molar-refractivity contribution in [2.75, 3.05) is 32.4 Å². The number of benzene rings is 1. The van der Waals surface area contributed by atoms with E-state index < -0.39 is 10.0 Å². The van der Waals surface area contributed by atoms with Crippen LogP contribution >= 0.6 is 0 Å². The van der Waals surface area contributed by atoms with Crippen molar-refractivity contribution in [1.29, 1.82) is 0 Å². The Morgan fingerprint density at radius 3 is 2.43 bits per heavy atom. The molecule has 1 aromatic heterocycles. The number of oxazole rings is 1. The van der Waals surface area contributed by atoms with Crippen molar-refractivity contribution < 1.29 is 17.2 Å². The van der Waals surface area contributed by atoms with Crippen LogP contribution in [0.5, 0.6) is 0 Å². The van der Waals surface area contributed by atoms with E-state index in [9.17, 15) is 12.8 Å². The zero-order valence-electron chi connectivity index (χ0n) is 12.8. The van der Waals surface area contributed by atoms with E-state index in [0.717, 1.165) is 11.3 Å². The predicted molar refractivity (Wildman–Crippen MR) is 83.6 cm³/mol. The molecule has 23 heavy (non-hydrogen) atoms. The molecule has 1 aromatic carbocycles. The van der Waals surface area contributed by atoms with Crippen molar-refractivity contribution in [3.8, 4) is 11.5 Å². The van der Waals surface area contributed by atoms with E-state index in [2.05, 4.69) is 9.88 Å². The molecule has 0 radical (unpaired) electrons. The maximum Gasteiger partial charge on any atom is 0.226 e. The first-order chi connectivity index (χ1) is 10.9. The summed E-state index contributed by atoms with van der Waals surface area (Å²) in [5, 5.41) is 0. The van der Waals surface area contributed by atoms with E-state index in [0.29, 0.717) is 38.6 Å². The molecule has 0 aliphatic carbocycles. The highest BCUT2D eigenvalue weighted by Gasteiger charge is 2.23. The standard InChI is InChI=1S/C15H18FN3O3S/c1-23(20,21)19-8-6-18(7-9-19)10-14-11-22-15(17-14)12-2-4-13(16)5-3-12/h2-5,11H,6-10H2,1H3. The lowest BCUT2D eigenvalue weighted by Crippen LogP contribution is -2.47. The number of sulfonamides is 1. The summed E-state index contributed by atoms with van der Waals surface area (Å²) in [4.78, 5) is 6.54. The third-order valence-electron chi connectivity index (χ3n) is 3.83. The van der Waals surface area contributed by atoms with Crippen LogP contribution in [0.15, 0.2) is 34.9 Å². The smallest absolute Gasteiger partial charge is 0.226 e. The lowest BCUT2D eigenvalue weighted by Gasteiger charge is -2.32. The molecule has 0 N–H and O–H groups in total. The van der Waals surface area contributed by atoms with Crippen LogP contribution in [0.25, 0.3) is 11.5 Å². The number of halogens is 1. The number of nitrogens with zero attached hydrogens (tertiary/aromatic N) is 3. The van der Waals surface area contributed by atoms with Gasteiger partial charge in [-0.05, 0) is 24.3 Å². The molecule has 6 nitrogen and oxygen atoms in total. The minimum atomic E-state index is -3.12. The molecule has 0 spiro atoms. The van der Waals surface area contributed by atoms with Crippen LogP contribution in [0.2, 0.25) is 0 Å². The quantitative estimate of drug-likeness (QED) is 0.846. The lowest BCUT2D eigenvalue weighted by molar-refractivity contribution is 0.180. The van der Waals surface area contributed by atoms with Gasteiger partial charge in [-0.15, -0.1) is 0 Å². The third-order valence-corrected chi connectivity index (χ3v) is 5.13. The Balaban J connectivity index is 1.61. The average molecular weight is 339 g/mol. The number of piperazine rings is 1. The summed E-state index contributed by atoms with van der Waals surface area (Å²) in [6.07, 6.45) is 2.82. The summed E-state index contributed by atoms with van der Waals surface area (Å²) in [7, 11) is -3.12. The highest BCUT2D eigenvalue weighted by Crippen LogP contribution is 2.20. The lowest BCUT2D eigenvalue weighted by atomic mass is 10.2. The molecular formula is C15H18FN3O3S. The first kappa shape index (κ1) is 16.1. The molecule has 1 saturated heterocycles. The van der Waals surface area contributed by atoms with Gasteiger partial charge in [-0.1, -0.05) is 0 Å². The molecule has 8 heteroatoms. The summed E-state index contributed by atoms with van der Waals surface area (Å²) < 4.78 is 42.8. The average Bonchev–Trinajstić information content (AvgIpc) is 2.96. The van der Waals surface area contributed by atoms with Gasteiger partial charge in [-0.25, -0.2) is 17.8 Å². The molecule has 0 saturated carbocycles. The molecule has 0 bridgehead atoms. The van der Waals surface area contributed by atoms with Gasteiger partial charge in [0.25, 0.3) is 0 Å². The fourth-order valence-electron chi connectivity index (χ4n) is 2.55. The second kappa shape index (κ2) is 6.38. The Morgan fingerprint density at radius 2 is 1.83 bits per heavy atom. The first-order valence-corrected chi connectivity index (χ1v) is 9.14. The van der Waals surface area contributed by atoms with E-state index >= 15 is 0 Å². The molecule has 0 unspecified atom stereocenters. The fraction of sp³-hybridized carbons (Fsp3) is 0.400. The Kier molecular flexibility index (Phi) is 4.47. The van der Waals surface area contributed by atoms with Crippen LogP contribution < -0.4 is 0 Å². The highest BCUT2D eigenvalue weighted by atomic mass is 32.2. The fourth-order valence-corrected chi connectivity index (χ4v) is 3.38. The van der Waals surface area contributed by atoms with Gasteiger partial charge in [0.1, 0.15) is 12.1 Å². The summed E-state index contributed by atoms with van der Waals surface area (Å²) in [5.74, 6) is 0.152. The van der Waals surface area contributed by atoms with Crippen molar-refractivity contribution >= 4 is 10.0 Å². The summed E-state index contributed by atoms with van der Waals surface area (Å²) >= 11 is 0. The van der Waals surface area contributed by atoms with Crippen LogP contribution in [0.1, 0.15) is 5.69 Å². The van der Waals surface area contributed by atoms with E-state index in [4.69, 9.17) is 4.42 Å². The molecule has 2 aromatic rings. The Labute approximate surface area is 134 Å². The Morgan fingerprint density at radius 1 is 1.17 bits per heavy atom. The van der Waals surface area contributed by atoms with Crippen molar-refractivity contribution in [3.05, 3.63) is 42.0 Å². The van der Waals surface area contributed by atoms with Crippen molar-refractivity contribution in [1.82, 2.24) is 14.2 Å². The Bertz CT molecular complexity index is 766. The maximum atomic E-state index is 12.9. The zero-order chi connectivity index (χ0) is 16.4. The van der Waals surface area contributed by atoms with Crippen LogP contribution in [0, 0.1) is 5.82 Å². The van der Waals surface area contributed by atoms with Crippen LogP contribution in [-0.2, 0) is 16.6 Å². The Hall–Kier alpha value is -1.77. The molecule has 2 heterocycles. The van der Waals surface area contributed by atoms with Gasteiger partial charge in [0.2, 0.25) is 15.9 Å². The first-order valence-electron chi connectivity index (χ1n) is 7.29. The van der Waals surface area contributed by atoms with Gasteiger partial charge in [-0.3, -0.25) is 4.90 Å². The van der Waals surface area contributed by atoms with Crippen molar-refractivity contribution in [2.24, 2.45) is 0 Å². The number of rotatable bonds is 4. The maximum absolute atomic E-state index is 12.9. The zero-order valence-corrected chi connectivity index (χ0v) is 13.6. The number of aromatic nitrogens is 1. The van der Waals surface area contributed by atoms with Gasteiger partial charge in [-0.2, -0.15) is 4.31 Å². The predicted octanol–water partition coefficient (Wildman–Crippen LogP) is 1.56. The summed E-state index contributed by atoms with van der Waals surface area (Å²) in [5.41, 5.74) is 1.50. The van der Waals surface area contributed by atoms with Gasteiger partial charge in [0.15, 0.2) is 0 Å². The van der Waals surface area contributed by atoms with Gasteiger partial charge >= 0.3 is 0 Å². The van der Waals surface area contributed by atoms with Crippen LogP contribution in [0.4, 0.5) is 4.39 Å². The molecule has 1 aliphatic heterocycles.